The number of carbonyl (C=O) groups excluding carboxylic acids is 1. The lowest BCUT2D eigenvalue weighted by Gasteiger charge is -2.23. The lowest BCUT2D eigenvalue weighted by Crippen LogP contribution is -2.41. The first-order chi connectivity index (χ1) is 14.8. The lowest BCUT2D eigenvalue weighted by atomic mass is 9.95. The van der Waals surface area contributed by atoms with E-state index < -0.39 is 18.0 Å². The van der Waals surface area contributed by atoms with E-state index in [1.165, 1.54) is 4.68 Å². The van der Waals surface area contributed by atoms with Crippen molar-refractivity contribution in [2.24, 2.45) is 0 Å². The van der Waals surface area contributed by atoms with Crippen LogP contribution < -0.4 is 21.7 Å². The molecule has 31 heavy (non-hydrogen) atoms. The molecule has 6 N–H and O–H groups in total. The van der Waals surface area contributed by atoms with Crippen molar-refractivity contribution in [1.29, 1.82) is 0 Å². The van der Waals surface area contributed by atoms with Gasteiger partial charge in [-0.2, -0.15) is 0 Å². The van der Waals surface area contributed by atoms with Gasteiger partial charge < -0.3 is 21.5 Å². The number of aromatic nitrogens is 2. The zero-order valence-corrected chi connectivity index (χ0v) is 17.4. The first-order valence-corrected chi connectivity index (χ1v) is 9.96. The molecule has 1 atom stereocenters. The number of hydrogen-bond acceptors (Lipinski definition) is 5. The van der Waals surface area contributed by atoms with Crippen LogP contribution >= 0.6 is 11.6 Å². The number of benzene rings is 2. The third-order valence-corrected chi connectivity index (χ3v) is 5.61. The number of carboxylic acid groups (broad SMARTS) is 1. The Morgan fingerprint density at radius 3 is 2.81 bits per heavy atom. The fourth-order valence-corrected chi connectivity index (χ4v) is 3.68. The van der Waals surface area contributed by atoms with Crippen molar-refractivity contribution < 1.29 is 14.7 Å². The molecule has 1 aliphatic rings. The number of halogens is 1. The molecule has 9 nitrogen and oxygen atoms in total. The fourth-order valence-electron chi connectivity index (χ4n) is 3.51. The number of anilines is 3. The molecule has 0 aliphatic carbocycles. The number of hydrogen-bond donors (Lipinski definition) is 5. The largest absolute Gasteiger partial charge is 0.480 e. The molecule has 2 heterocycles. The Bertz CT molecular complexity index is 1180. The molecule has 0 bridgehead atoms. The van der Waals surface area contributed by atoms with E-state index in [-0.39, 0.29) is 5.82 Å². The minimum atomic E-state index is -0.895. The molecule has 1 unspecified atom stereocenters. The molecular formula is C21H21ClN6O3. The minimum absolute atomic E-state index is 0.228. The van der Waals surface area contributed by atoms with Gasteiger partial charge in [-0.3, -0.25) is 10.1 Å². The van der Waals surface area contributed by atoms with E-state index in [4.69, 9.17) is 17.3 Å². The maximum atomic E-state index is 12.6. The van der Waals surface area contributed by atoms with Crippen molar-refractivity contribution in [3.63, 3.8) is 0 Å². The van der Waals surface area contributed by atoms with Crippen LogP contribution in [0.15, 0.2) is 42.5 Å². The molecule has 0 fully saturated rings. The van der Waals surface area contributed by atoms with Gasteiger partial charge in [0.1, 0.15) is 17.7 Å². The molecule has 1 aromatic heterocycles. The van der Waals surface area contributed by atoms with Crippen molar-refractivity contribution in [3.8, 4) is 5.69 Å². The highest BCUT2D eigenvalue weighted by Crippen LogP contribution is 2.27. The predicted octanol–water partition coefficient (Wildman–Crippen LogP) is 3.16. The molecule has 3 aromatic rings. The van der Waals surface area contributed by atoms with Gasteiger partial charge in [0.2, 0.25) is 0 Å². The third kappa shape index (κ3) is 4.32. The summed E-state index contributed by atoms with van der Waals surface area (Å²) in [5, 5.41) is 22.5. The van der Waals surface area contributed by atoms with Gasteiger partial charge >= 0.3 is 12.0 Å². The number of aryl methyl sites for hydroxylation is 1. The van der Waals surface area contributed by atoms with E-state index in [2.05, 4.69) is 21.0 Å². The number of carboxylic acids is 1. The average Bonchev–Trinajstić information content (AvgIpc) is 3.10. The van der Waals surface area contributed by atoms with Crippen molar-refractivity contribution in [2.45, 2.75) is 25.9 Å². The van der Waals surface area contributed by atoms with Gasteiger partial charge in [0.25, 0.3) is 0 Å². The Kier molecular flexibility index (Phi) is 5.53. The first-order valence-electron chi connectivity index (χ1n) is 9.59. The highest BCUT2D eigenvalue weighted by atomic mass is 35.5. The van der Waals surface area contributed by atoms with Gasteiger partial charge in [0, 0.05) is 12.6 Å². The third-order valence-electron chi connectivity index (χ3n) is 5.11. The van der Waals surface area contributed by atoms with Crippen LogP contribution in [-0.2, 0) is 17.8 Å². The second kappa shape index (κ2) is 8.29. The van der Waals surface area contributed by atoms with E-state index >= 15 is 0 Å². The standard InChI is InChI=1S/C21H21ClN6O3/c1-11-3-2-4-15(19(11)22)25-21(31)26-18-9-17(23)27-28(18)14-6-5-12-10-24-16(20(29)30)8-13(12)7-14/h2-7,9,16,24H,8,10H2,1H3,(H2,23,27)(H,29,30)(H2,25,26,31). The number of nitrogen functional groups attached to an aromatic ring is 1. The lowest BCUT2D eigenvalue weighted by molar-refractivity contribution is -0.139. The summed E-state index contributed by atoms with van der Waals surface area (Å²) in [4.78, 5) is 23.9. The minimum Gasteiger partial charge on any atom is -0.480 e. The van der Waals surface area contributed by atoms with E-state index in [0.717, 1.165) is 16.7 Å². The average molecular weight is 441 g/mol. The molecule has 0 spiro atoms. The van der Waals surface area contributed by atoms with Crippen LogP contribution in [0.25, 0.3) is 5.69 Å². The van der Waals surface area contributed by atoms with Crippen LogP contribution in [0, 0.1) is 6.92 Å². The normalized spacial score (nSPS) is 15.2. The number of aliphatic carboxylic acids is 1. The van der Waals surface area contributed by atoms with Crippen LogP contribution in [0.4, 0.5) is 22.1 Å². The number of fused-ring (bicyclic) bond motifs is 1. The monoisotopic (exact) mass is 440 g/mol. The summed E-state index contributed by atoms with van der Waals surface area (Å²) in [7, 11) is 0. The van der Waals surface area contributed by atoms with Gasteiger partial charge in [-0.05, 0) is 48.2 Å². The number of nitrogens with zero attached hydrogens (tertiary/aromatic N) is 2. The summed E-state index contributed by atoms with van der Waals surface area (Å²) in [6.45, 7) is 2.32. The number of rotatable bonds is 4. The van der Waals surface area contributed by atoms with Crippen LogP contribution in [0.5, 0.6) is 0 Å². The highest BCUT2D eigenvalue weighted by molar-refractivity contribution is 6.34. The topological polar surface area (TPSA) is 134 Å². The maximum absolute atomic E-state index is 12.6. The second-order valence-corrected chi connectivity index (χ2v) is 7.69. The zero-order chi connectivity index (χ0) is 22.1. The van der Waals surface area contributed by atoms with Crippen LogP contribution in [0.1, 0.15) is 16.7 Å². The van der Waals surface area contributed by atoms with Crippen molar-refractivity contribution in [1.82, 2.24) is 15.1 Å². The Labute approximate surface area is 183 Å². The molecule has 1 aliphatic heterocycles. The summed E-state index contributed by atoms with van der Waals surface area (Å²) < 4.78 is 1.50. The molecule has 4 rings (SSSR count). The van der Waals surface area contributed by atoms with Crippen molar-refractivity contribution in [3.05, 3.63) is 64.2 Å². The number of urea groups is 1. The smallest absolute Gasteiger partial charge is 0.324 e. The summed E-state index contributed by atoms with van der Waals surface area (Å²) in [6.07, 6.45) is 0.352. The molecule has 2 amide bonds. The summed E-state index contributed by atoms with van der Waals surface area (Å²) in [5.41, 5.74) is 9.78. The quantitative estimate of drug-likeness (QED) is 0.423. The van der Waals surface area contributed by atoms with Gasteiger partial charge in [-0.15, -0.1) is 5.10 Å². The summed E-state index contributed by atoms with van der Waals surface area (Å²) in [5.74, 6) is -0.303. The Morgan fingerprint density at radius 2 is 2.03 bits per heavy atom. The second-order valence-electron chi connectivity index (χ2n) is 7.31. The Balaban J connectivity index is 1.58. The molecular weight excluding hydrogens is 420 g/mol. The predicted molar refractivity (Wildman–Crippen MR) is 119 cm³/mol. The van der Waals surface area contributed by atoms with E-state index in [9.17, 15) is 14.7 Å². The molecule has 0 saturated carbocycles. The summed E-state index contributed by atoms with van der Waals surface area (Å²) in [6, 6.07) is 11.4. The maximum Gasteiger partial charge on any atom is 0.324 e. The van der Waals surface area contributed by atoms with Gasteiger partial charge in [0.15, 0.2) is 0 Å². The number of carbonyl (C=O) groups is 2. The SMILES string of the molecule is Cc1cccc(NC(=O)Nc2cc(N)nn2-c2ccc3c(c2)CC(C(=O)O)NC3)c1Cl. The molecule has 10 heteroatoms. The van der Waals surface area contributed by atoms with Gasteiger partial charge in [0.05, 0.1) is 16.4 Å². The Morgan fingerprint density at radius 1 is 1.23 bits per heavy atom. The van der Waals surface area contributed by atoms with Crippen LogP contribution in [-0.4, -0.2) is 32.9 Å². The van der Waals surface area contributed by atoms with E-state index in [0.29, 0.717) is 35.2 Å². The number of nitrogens with one attached hydrogen (secondary N) is 3. The molecule has 0 radical (unpaired) electrons. The van der Waals surface area contributed by atoms with Gasteiger partial charge in [-0.25, -0.2) is 9.48 Å². The fraction of sp³-hybridized carbons (Fsp3) is 0.190. The molecule has 0 saturated heterocycles. The number of nitrogens with two attached hydrogens (primary N) is 1. The zero-order valence-electron chi connectivity index (χ0n) is 16.6. The van der Waals surface area contributed by atoms with Gasteiger partial charge in [-0.1, -0.05) is 29.8 Å². The summed E-state index contributed by atoms with van der Waals surface area (Å²) >= 11 is 6.25. The first kappa shape index (κ1) is 20.7. The van der Waals surface area contributed by atoms with E-state index in [1.807, 2.05) is 31.2 Å². The molecule has 160 valence electrons. The van der Waals surface area contributed by atoms with Crippen LogP contribution in [0.2, 0.25) is 5.02 Å². The van der Waals surface area contributed by atoms with Crippen molar-refractivity contribution in [2.75, 3.05) is 16.4 Å². The van der Waals surface area contributed by atoms with Crippen molar-refractivity contribution >= 4 is 40.9 Å². The van der Waals surface area contributed by atoms with Crippen LogP contribution in [0.3, 0.4) is 0 Å². The van der Waals surface area contributed by atoms with E-state index in [1.54, 1.807) is 18.2 Å². The molecule has 2 aromatic carbocycles. The highest BCUT2D eigenvalue weighted by Gasteiger charge is 2.24. The Hall–Kier alpha value is -3.56. The number of amides is 2.